The molecular weight excluding hydrogens is 398 g/mol. The third kappa shape index (κ3) is 8.27. The van der Waals surface area contributed by atoms with Crippen molar-refractivity contribution in [3.63, 3.8) is 0 Å². The molecule has 0 aliphatic heterocycles. The fraction of sp³-hybridized carbons (Fsp3) is 0.545. The molecule has 1 atom stereocenters. The number of aromatic nitrogens is 3. The number of hydrazine groups is 1. The van der Waals surface area contributed by atoms with Crippen molar-refractivity contribution in [1.29, 1.82) is 0 Å². The summed E-state index contributed by atoms with van der Waals surface area (Å²) < 4.78 is 12.7. The van der Waals surface area contributed by atoms with Gasteiger partial charge in [0, 0.05) is 36.7 Å². The summed E-state index contributed by atoms with van der Waals surface area (Å²) in [7, 11) is 0. The molecule has 9 heteroatoms. The van der Waals surface area contributed by atoms with E-state index in [-0.39, 0.29) is 12.6 Å². The van der Waals surface area contributed by atoms with Crippen LogP contribution in [0.25, 0.3) is 11.3 Å². The normalized spacial score (nSPS) is 12.7. The zero-order chi connectivity index (χ0) is 23.2. The highest BCUT2D eigenvalue weighted by Crippen LogP contribution is 2.19. The average molecular weight is 432 g/mol. The highest BCUT2D eigenvalue weighted by atomic mass is 16.6. The maximum absolute atomic E-state index is 12.6. The van der Waals surface area contributed by atoms with Gasteiger partial charge in [0.05, 0.1) is 12.0 Å². The summed E-state index contributed by atoms with van der Waals surface area (Å²) in [5.41, 5.74) is 2.86. The van der Waals surface area contributed by atoms with Gasteiger partial charge in [0.1, 0.15) is 11.2 Å². The second-order valence-electron chi connectivity index (χ2n) is 9.33. The van der Waals surface area contributed by atoms with Crippen LogP contribution in [-0.4, -0.2) is 49.5 Å². The molecule has 0 aromatic carbocycles. The van der Waals surface area contributed by atoms with E-state index >= 15 is 0 Å². The van der Waals surface area contributed by atoms with Gasteiger partial charge in [-0.15, -0.1) is 0 Å². The van der Waals surface area contributed by atoms with E-state index < -0.39 is 23.4 Å². The molecular formula is C22H33N5O4. The predicted octanol–water partition coefficient (Wildman–Crippen LogP) is 4.57. The van der Waals surface area contributed by atoms with E-state index in [4.69, 9.17) is 9.47 Å². The van der Waals surface area contributed by atoms with Crippen LogP contribution in [0, 0.1) is 0 Å². The van der Waals surface area contributed by atoms with Crippen LogP contribution >= 0.6 is 0 Å². The minimum Gasteiger partial charge on any atom is -0.443 e. The average Bonchev–Trinajstić information content (AvgIpc) is 3.13. The van der Waals surface area contributed by atoms with Crippen molar-refractivity contribution in [3.8, 4) is 11.3 Å². The molecule has 2 rings (SSSR count). The number of hydrogen-bond acceptors (Lipinski definition) is 6. The molecule has 0 saturated heterocycles. The first-order chi connectivity index (χ1) is 14.3. The van der Waals surface area contributed by atoms with Crippen molar-refractivity contribution >= 4 is 12.2 Å². The highest BCUT2D eigenvalue weighted by molar-refractivity contribution is 5.74. The molecule has 0 unspecified atom stereocenters. The van der Waals surface area contributed by atoms with Crippen molar-refractivity contribution in [3.05, 3.63) is 37.1 Å². The third-order valence-corrected chi connectivity index (χ3v) is 4.08. The summed E-state index contributed by atoms with van der Waals surface area (Å²) in [5, 5.41) is 1.15. The quantitative estimate of drug-likeness (QED) is 0.696. The van der Waals surface area contributed by atoms with E-state index in [2.05, 4.69) is 15.4 Å². The third-order valence-electron chi connectivity index (χ3n) is 4.08. The predicted molar refractivity (Wildman–Crippen MR) is 117 cm³/mol. The molecule has 0 saturated carbocycles. The number of hydrogen-bond donors (Lipinski definition) is 1. The van der Waals surface area contributed by atoms with Crippen LogP contribution in [0.3, 0.4) is 0 Å². The summed E-state index contributed by atoms with van der Waals surface area (Å²) in [4.78, 5) is 33.4. The van der Waals surface area contributed by atoms with Crippen molar-refractivity contribution in [1.82, 2.24) is 25.0 Å². The van der Waals surface area contributed by atoms with E-state index in [0.717, 1.165) is 16.3 Å². The number of imidazole rings is 1. The van der Waals surface area contributed by atoms with E-state index in [9.17, 15) is 9.59 Å². The summed E-state index contributed by atoms with van der Waals surface area (Å²) in [6.07, 6.45) is 6.34. The van der Waals surface area contributed by atoms with Gasteiger partial charge in [0.2, 0.25) is 0 Å². The van der Waals surface area contributed by atoms with Gasteiger partial charge in [-0.1, -0.05) is 0 Å². The Hall–Kier alpha value is -3.10. The molecule has 0 spiro atoms. The Morgan fingerprint density at radius 2 is 1.84 bits per heavy atom. The Morgan fingerprint density at radius 3 is 2.42 bits per heavy atom. The number of pyridine rings is 1. The molecule has 2 aromatic rings. The Labute approximate surface area is 183 Å². The molecule has 1 N–H and O–H groups in total. The maximum atomic E-state index is 12.6. The standard InChI is InChI=1S/C22H33N5O4/c1-16(26-14-18(24-15-26)17-9-8-11-23-13-17)10-12-27(20(29)31-22(5,6)7)25-19(28)30-21(2,3)4/h8-9,11,13-16H,10,12H2,1-7H3,(H,25,28)/t16-/m1/s1. The van der Waals surface area contributed by atoms with Gasteiger partial charge in [-0.25, -0.2) is 25.0 Å². The van der Waals surface area contributed by atoms with Crippen molar-refractivity contribution in [2.24, 2.45) is 0 Å². The smallest absolute Gasteiger partial charge is 0.429 e. The van der Waals surface area contributed by atoms with Crippen molar-refractivity contribution in [2.45, 2.75) is 72.1 Å². The summed E-state index contributed by atoms with van der Waals surface area (Å²) in [6, 6.07) is 3.82. The van der Waals surface area contributed by atoms with Gasteiger partial charge >= 0.3 is 12.2 Å². The van der Waals surface area contributed by atoms with Crippen molar-refractivity contribution in [2.75, 3.05) is 6.54 Å². The molecule has 31 heavy (non-hydrogen) atoms. The first kappa shape index (κ1) is 24.2. The van der Waals surface area contributed by atoms with Gasteiger partial charge in [-0.2, -0.15) is 0 Å². The number of ether oxygens (including phenoxy) is 2. The van der Waals surface area contributed by atoms with Crippen LogP contribution in [0.2, 0.25) is 0 Å². The molecule has 2 heterocycles. The van der Waals surface area contributed by atoms with Crippen LogP contribution < -0.4 is 5.43 Å². The summed E-state index contributed by atoms with van der Waals surface area (Å²) in [6.45, 7) is 12.8. The molecule has 170 valence electrons. The van der Waals surface area contributed by atoms with Crippen LogP contribution in [0.15, 0.2) is 37.1 Å². The number of amides is 2. The second kappa shape index (κ2) is 9.80. The highest BCUT2D eigenvalue weighted by Gasteiger charge is 2.26. The number of nitrogens with one attached hydrogen (secondary N) is 1. The summed E-state index contributed by atoms with van der Waals surface area (Å²) >= 11 is 0. The Balaban J connectivity index is 2.05. The monoisotopic (exact) mass is 431 g/mol. The minimum atomic E-state index is -0.715. The van der Waals surface area contributed by atoms with Gasteiger partial charge < -0.3 is 14.0 Å². The number of carbonyl (C=O) groups is 2. The molecule has 2 aromatic heterocycles. The molecule has 9 nitrogen and oxygen atoms in total. The van der Waals surface area contributed by atoms with Crippen molar-refractivity contribution < 1.29 is 19.1 Å². The SMILES string of the molecule is C[C@H](CCN(NC(=O)OC(C)(C)C)C(=O)OC(C)(C)C)n1cnc(-c2cccnc2)c1. The Morgan fingerprint density at radius 1 is 1.16 bits per heavy atom. The van der Waals surface area contributed by atoms with Crippen LogP contribution in [0.5, 0.6) is 0 Å². The summed E-state index contributed by atoms with van der Waals surface area (Å²) in [5.74, 6) is 0. The van der Waals surface area contributed by atoms with Crippen LogP contribution in [0.1, 0.15) is 60.9 Å². The van der Waals surface area contributed by atoms with Gasteiger partial charge in [0.15, 0.2) is 0 Å². The topological polar surface area (TPSA) is 98.6 Å². The molecule has 0 fully saturated rings. The molecule has 2 amide bonds. The fourth-order valence-corrected chi connectivity index (χ4v) is 2.63. The molecule has 0 radical (unpaired) electrons. The number of carbonyl (C=O) groups excluding carboxylic acids is 2. The Bertz CT molecular complexity index is 868. The lowest BCUT2D eigenvalue weighted by molar-refractivity contribution is 0.000475. The largest absolute Gasteiger partial charge is 0.443 e. The molecule has 0 aliphatic carbocycles. The van der Waals surface area contributed by atoms with Crippen LogP contribution in [-0.2, 0) is 9.47 Å². The van der Waals surface area contributed by atoms with E-state index in [0.29, 0.717) is 6.42 Å². The fourth-order valence-electron chi connectivity index (χ4n) is 2.63. The lowest BCUT2D eigenvalue weighted by atomic mass is 10.2. The van der Waals surface area contributed by atoms with E-state index in [1.807, 2.05) is 29.8 Å². The lowest BCUT2D eigenvalue weighted by Gasteiger charge is -2.29. The van der Waals surface area contributed by atoms with E-state index in [1.165, 1.54) is 0 Å². The zero-order valence-electron chi connectivity index (χ0n) is 19.4. The van der Waals surface area contributed by atoms with Crippen LogP contribution in [0.4, 0.5) is 9.59 Å². The molecule has 0 bridgehead atoms. The first-order valence-electron chi connectivity index (χ1n) is 10.3. The minimum absolute atomic E-state index is 0.0169. The van der Waals surface area contributed by atoms with E-state index in [1.54, 1.807) is 60.3 Å². The van der Waals surface area contributed by atoms with Gasteiger partial charge in [-0.05, 0) is 67.0 Å². The van der Waals surface area contributed by atoms with Gasteiger partial charge in [0.25, 0.3) is 0 Å². The Kier molecular flexibility index (Phi) is 7.65. The molecule has 0 aliphatic rings. The number of rotatable bonds is 5. The number of nitrogens with zero attached hydrogens (tertiary/aromatic N) is 4. The maximum Gasteiger partial charge on any atom is 0.429 e. The zero-order valence-corrected chi connectivity index (χ0v) is 19.4. The van der Waals surface area contributed by atoms with Gasteiger partial charge in [-0.3, -0.25) is 4.98 Å². The second-order valence-corrected chi connectivity index (χ2v) is 9.33. The lowest BCUT2D eigenvalue weighted by Crippen LogP contribution is -2.50. The first-order valence-corrected chi connectivity index (χ1v) is 10.3.